The van der Waals surface area contributed by atoms with Gasteiger partial charge in [0.25, 0.3) is 0 Å². The van der Waals surface area contributed by atoms with E-state index in [-0.39, 0.29) is 6.10 Å². The molecule has 0 heterocycles. The van der Waals surface area contributed by atoms with Crippen LogP contribution < -0.4 is 0 Å². The predicted octanol–water partition coefficient (Wildman–Crippen LogP) is 2.05. The van der Waals surface area contributed by atoms with E-state index >= 15 is 0 Å². The van der Waals surface area contributed by atoms with Crippen LogP contribution in [0.1, 0.15) is 33.6 Å². The second-order valence-corrected chi connectivity index (χ2v) is 4.81. The lowest BCUT2D eigenvalue weighted by Gasteiger charge is -2.22. The van der Waals surface area contributed by atoms with Gasteiger partial charge in [0, 0.05) is 5.41 Å². The molecule has 2 aliphatic carbocycles. The van der Waals surface area contributed by atoms with Crippen molar-refractivity contribution < 1.29 is 5.11 Å². The first-order valence-corrected chi connectivity index (χ1v) is 4.77. The topological polar surface area (TPSA) is 20.2 Å². The second kappa shape index (κ2) is 2.01. The molecule has 0 radical (unpaired) electrons. The lowest BCUT2D eigenvalue weighted by molar-refractivity contribution is 0.0741. The van der Waals surface area contributed by atoms with Gasteiger partial charge in [0.2, 0.25) is 0 Å². The first kappa shape index (κ1) is 7.60. The average molecular weight is 154 g/mol. The molecular weight excluding hydrogens is 136 g/mol. The molecule has 2 saturated carbocycles. The van der Waals surface area contributed by atoms with Crippen LogP contribution in [0.2, 0.25) is 0 Å². The highest BCUT2D eigenvalue weighted by molar-refractivity contribution is 5.15. The summed E-state index contributed by atoms with van der Waals surface area (Å²) in [6.07, 6.45) is 2.33. The molecule has 0 aromatic rings. The molecule has 0 spiro atoms. The summed E-state index contributed by atoms with van der Waals surface area (Å²) in [5, 5.41) is 9.83. The number of hydrogen-bond donors (Lipinski definition) is 1. The predicted molar refractivity (Wildman–Crippen MR) is 45.2 cm³/mol. The summed E-state index contributed by atoms with van der Waals surface area (Å²) in [5.74, 6) is 2.29. The minimum atomic E-state index is 0.00231. The van der Waals surface area contributed by atoms with Crippen LogP contribution in [0, 0.1) is 23.2 Å². The van der Waals surface area contributed by atoms with E-state index in [1.165, 1.54) is 6.42 Å². The first-order valence-electron chi connectivity index (χ1n) is 4.77. The van der Waals surface area contributed by atoms with Crippen molar-refractivity contribution in [2.24, 2.45) is 23.2 Å². The molecular formula is C10H18O. The Morgan fingerprint density at radius 1 is 1.45 bits per heavy atom. The van der Waals surface area contributed by atoms with Gasteiger partial charge in [0.05, 0.1) is 6.10 Å². The van der Waals surface area contributed by atoms with Crippen molar-refractivity contribution in [3.05, 3.63) is 0 Å². The number of hydrogen-bond acceptors (Lipinski definition) is 1. The standard InChI is InChI=1S/C10H18O/c1-6(2)10-5-8(10)7(3)4-9(10)11/h6-9,11H,4-5H2,1-3H3/t7-,8+,9+,10+/m1/s1. The van der Waals surface area contributed by atoms with E-state index in [0.29, 0.717) is 11.3 Å². The zero-order valence-corrected chi connectivity index (χ0v) is 7.67. The fourth-order valence-corrected chi connectivity index (χ4v) is 3.22. The number of aliphatic hydroxyl groups is 1. The van der Waals surface area contributed by atoms with Gasteiger partial charge in [0.15, 0.2) is 0 Å². The molecule has 1 nitrogen and oxygen atoms in total. The lowest BCUT2D eigenvalue weighted by atomic mass is 9.88. The van der Waals surface area contributed by atoms with Gasteiger partial charge < -0.3 is 5.11 Å². The Kier molecular flexibility index (Phi) is 1.39. The van der Waals surface area contributed by atoms with Crippen molar-refractivity contribution in [1.29, 1.82) is 0 Å². The monoisotopic (exact) mass is 154 g/mol. The van der Waals surface area contributed by atoms with Crippen LogP contribution in [0.4, 0.5) is 0 Å². The molecule has 0 bridgehead atoms. The van der Waals surface area contributed by atoms with E-state index < -0.39 is 0 Å². The highest BCUT2D eigenvalue weighted by atomic mass is 16.3. The van der Waals surface area contributed by atoms with Gasteiger partial charge in [-0.1, -0.05) is 20.8 Å². The van der Waals surface area contributed by atoms with Gasteiger partial charge in [-0.05, 0) is 30.6 Å². The average Bonchev–Trinajstić information content (AvgIpc) is 2.56. The Bertz CT molecular complexity index is 172. The highest BCUT2D eigenvalue weighted by Gasteiger charge is 2.66. The van der Waals surface area contributed by atoms with E-state index in [4.69, 9.17) is 0 Å². The fraction of sp³-hybridized carbons (Fsp3) is 1.00. The second-order valence-electron chi connectivity index (χ2n) is 4.81. The van der Waals surface area contributed by atoms with Crippen molar-refractivity contribution in [2.75, 3.05) is 0 Å². The third-order valence-electron chi connectivity index (χ3n) is 4.08. The molecule has 2 rings (SSSR count). The summed E-state index contributed by atoms with van der Waals surface area (Å²) in [7, 11) is 0. The van der Waals surface area contributed by atoms with Crippen molar-refractivity contribution in [2.45, 2.75) is 39.7 Å². The smallest absolute Gasteiger partial charge is 0.0604 e. The SMILES string of the molecule is CC(C)[C@@]12C[C@H]1[C@H](C)C[C@@H]2O. The van der Waals surface area contributed by atoms with Gasteiger partial charge in [-0.25, -0.2) is 0 Å². The summed E-state index contributed by atoms with van der Waals surface area (Å²) in [6, 6.07) is 0. The van der Waals surface area contributed by atoms with Crippen molar-refractivity contribution in [3.8, 4) is 0 Å². The first-order chi connectivity index (χ1) is 5.09. The van der Waals surface area contributed by atoms with E-state index in [9.17, 15) is 5.11 Å². The van der Waals surface area contributed by atoms with E-state index in [2.05, 4.69) is 20.8 Å². The molecule has 64 valence electrons. The molecule has 0 saturated heterocycles. The summed E-state index contributed by atoms with van der Waals surface area (Å²) >= 11 is 0. The molecule has 0 aliphatic heterocycles. The van der Waals surface area contributed by atoms with Crippen LogP contribution >= 0.6 is 0 Å². The van der Waals surface area contributed by atoms with Crippen molar-refractivity contribution in [3.63, 3.8) is 0 Å². The molecule has 0 aromatic heterocycles. The van der Waals surface area contributed by atoms with Crippen molar-refractivity contribution in [1.82, 2.24) is 0 Å². The van der Waals surface area contributed by atoms with E-state index in [1.54, 1.807) is 0 Å². The van der Waals surface area contributed by atoms with E-state index in [1.807, 2.05) is 0 Å². The number of aliphatic hydroxyl groups excluding tert-OH is 1. The summed E-state index contributed by atoms with van der Waals surface area (Å²) in [5.41, 5.74) is 0.347. The molecule has 0 amide bonds. The van der Waals surface area contributed by atoms with Gasteiger partial charge >= 0.3 is 0 Å². The fourth-order valence-electron chi connectivity index (χ4n) is 3.22. The summed E-state index contributed by atoms with van der Waals surface area (Å²) < 4.78 is 0. The molecule has 1 N–H and O–H groups in total. The third-order valence-corrected chi connectivity index (χ3v) is 4.08. The Morgan fingerprint density at radius 3 is 2.27 bits per heavy atom. The molecule has 11 heavy (non-hydrogen) atoms. The Morgan fingerprint density at radius 2 is 2.09 bits per heavy atom. The van der Waals surface area contributed by atoms with Gasteiger partial charge in [-0.15, -0.1) is 0 Å². The van der Waals surface area contributed by atoms with Crippen LogP contribution in [0.3, 0.4) is 0 Å². The Balaban J connectivity index is 2.19. The minimum Gasteiger partial charge on any atom is -0.393 e. The molecule has 0 unspecified atom stereocenters. The van der Waals surface area contributed by atoms with Crippen LogP contribution in [-0.2, 0) is 0 Å². The number of fused-ring (bicyclic) bond motifs is 1. The Hall–Kier alpha value is -0.0400. The van der Waals surface area contributed by atoms with Crippen LogP contribution in [0.15, 0.2) is 0 Å². The van der Waals surface area contributed by atoms with Crippen LogP contribution in [-0.4, -0.2) is 11.2 Å². The highest BCUT2D eigenvalue weighted by Crippen LogP contribution is 2.69. The Labute approximate surface area is 68.8 Å². The lowest BCUT2D eigenvalue weighted by Crippen LogP contribution is -2.24. The summed E-state index contributed by atoms with van der Waals surface area (Å²) in [4.78, 5) is 0. The number of rotatable bonds is 1. The maximum atomic E-state index is 9.83. The maximum Gasteiger partial charge on any atom is 0.0604 e. The zero-order chi connectivity index (χ0) is 8.22. The maximum absolute atomic E-state index is 9.83. The summed E-state index contributed by atoms with van der Waals surface area (Å²) in [6.45, 7) is 6.79. The normalized spacial score (nSPS) is 54.8. The van der Waals surface area contributed by atoms with Gasteiger partial charge in [-0.2, -0.15) is 0 Å². The molecule has 0 aromatic carbocycles. The minimum absolute atomic E-state index is 0.00231. The molecule has 2 aliphatic rings. The van der Waals surface area contributed by atoms with Crippen LogP contribution in [0.25, 0.3) is 0 Å². The van der Waals surface area contributed by atoms with Gasteiger partial charge in [0.1, 0.15) is 0 Å². The zero-order valence-electron chi connectivity index (χ0n) is 7.67. The van der Waals surface area contributed by atoms with Gasteiger partial charge in [-0.3, -0.25) is 0 Å². The molecule has 2 fully saturated rings. The van der Waals surface area contributed by atoms with Crippen molar-refractivity contribution >= 4 is 0 Å². The largest absolute Gasteiger partial charge is 0.393 e. The van der Waals surface area contributed by atoms with E-state index in [0.717, 1.165) is 18.3 Å². The van der Waals surface area contributed by atoms with Crippen LogP contribution in [0.5, 0.6) is 0 Å². The molecule has 1 heteroatoms. The third kappa shape index (κ3) is 0.752. The quantitative estimate of drug-likeness (QED) is 0.613. The molecule has 4 atom stereocenters.